The maximum absolute atomic E-state index is 12.2. The van der Waals surface area contributed by atoms with Crippen molar-refractivity contribution in [3.8, 4) is 0 Å². The molecule has 0 unspecified atom stereocenters. The number of unbranched alkanes of at least 4 members (excludes halogenated alkanes) is 22. The maximum atomic E-state index is 12.2. The van der Waals surface area contributed by atoms with Crippen molar-refractivity contribution in [2.45, 2.75) is 187 Å². The predicted molar refractivity (Wildman–Crippen MR) is 182 cm³/mol. The van der Waals surface area contributed by atoms with Gasteiger partial charge in [-0.15, -0.1) is 0 Å². The highest BCUT2D eigenvalue weighted by molar-refractivity contribution is 5.67. The van der Waals surface area contributed by atoms with Crippen LogP contribution in [0.5, 0.6) is 0 Å². The summed E-state index contributed by atoms with van der Waals surface area (Å²) >= 11 is 0. The summed E-state index contributed by atoms with van der Waals surface area (Å²) in [6, 6.07) is 0. The molecule has 0 aliphatic carbocycles. The van der Waals surface area contributed by atoms with Gasteiger partial charge in [-0.2, -0.15) is 0 Å². The first-order valence-corrected chi connectivity index (χ1v) is 18.7. The van der Waals surface area contributed by atoms with Crippen LogP contribution in [0.25, 0.3) is 0 Å². The van der Waals surface area contributed by atoms with Gasteiger partial charge in [0, 0.05) is 26.7 Å². The van der Waals surface area contributed by atoms with Crippen LogP contribution in [0.3, 0.4) is 0 Å². The van der Waals surface area contributed by atoms with E-state index in [4.69, 9.17) is 14.2 Å². The number of hydrogen-bond acceptors (Lipinski definition) is 4. The van der Waals surface area contributed by atoms with Crippen LogP contribution in [-0.2, 0) is 14.2 Å². The van der Waals surface area contributed by atoms with E-state index in [1.54, 1.807) is 7.11 Å². The van der Waals surface area contributed by atoms with E-state index in [1.165, 1.54) is 167 Å². The smallest absolute Gasteiger partial charge is 0.407 e. The molecule has 0 aliphatic rings. The summed E-state index contributed by atoms with van der Waals surface area (Å²) < 4.78 is 15.8. The molecule has 0 bridgehead atoms. The Hall–Kier alpha value is -0.810. The molecule has 0 aromatic rings. The molecule has 0 aromatic heterocycles. The highest BCUT2D eigenvalue weighted by atomic mass is 16.6. The number of ether oxygens (including phenoxy) is 3. The van der Waals surface area contributed by atoms with Gasteiger partial charge in [0.2, 0.25) is 0 Å². The van der Waals surface area contributed by atoms with E-state index in [0.717, 1.165) is 13.0 Å². The Morgan fingerprint density at radius 3 is 1.31 bits per heavy atom. The van der Waals surface area contributed by atoms with Crippen LogP contribution >= 0.6 is 0 Å². The quantitative estimate of drug-likeness (QED) is 0.0738. The van der Waals surface area contributed by atoms with Gasteiger partial charge in [-0.3, -0.25) is 0 Å². The number of alkyl carbamates (subject to hydrolysis) is 1. The van der Waals surface area contributed by atoms with Crippen molar-refractivity contribution < 1.29 is 19.0 Å². The van der Waals surface area contributed by atoms with Crippen molar-refractivity contribution in [1.82, 2.24) is 5.32 Å². The fourth-order valence-electron chi connectivity index (χ4n) is 5.75. The molecule has 1 amide bonds. The summed E-state index contributed by atoms with van der Waals surface area (Å²) in [7, 11) is 1.67. The normalized spacial score (nSPS) is 11.4. The zero-order chi connectivity index (χ0) is 30.6. The first kappa shape index (κ1) is 41.2. The monoisotopic (exact) mass is 598 g/mol. The van der Waals surface area contributed by atoms with Gasteiger partial charge in [0.25, 0.3) is 0 Å². The highest BCUT2D eigenvalue weighted by Crippen LogP contribution is 2.20. The SMILES string of the molecule is CCCCCCCCCCCCCCC(CCCCCCCCCCCCCC)CNC(=O)OCCCOCCOC. The number of nitrogens with one attached hydrogen (secondary N) is 1. The van der Waals surface area contributed by atoms with Gasteiger partial charge in [0.05, 0.1) is 19.8 Å². The van der Waals surface area contributed by atoms with E-state index >= 15 is 0 Å². The number of hydrogen-bond donors (Lipinski definition) is 1. The molecular weight excluding hydrogens is 522 g/mol. The molecule has 0 aromatic carbocycles. The van der Waals surface area contributed by atoms with Crippen molar-refractivity contribution >= 4 is 6.09 Å². The topological polar surface area (TPSA) is 56.8 Å². The number of carbonyl (C=O) groups is 1. The largest absolute Gasteiger partial charge is 0.449 e. The van der Waals surface area contributed by atoms with Crippen LogP contribution < -0.4 is 5.32 Å². The number of amides is 1. The molecule has 1 N–H and O–H groups in total. The van der Waals surface area contributed by atoms with E-state index in [9.17, 15) is 4.79 Å². The Balaban J connectivity index is 4.02. The average Bonchev–Trinajstić information content (AvgIpc) is 3.00. The minimum Gasteiger partial charge on any atom is -0.449 e. The second-order valence-electron chi connectivity index (χ2n) is 12.7. The standard InChI is InChI=1S/C37H75NO4/c1-4-6-8-10-12-14-16-18-20-22-24-26-29-36(35-38-37(39)42-32-28-31-41-34-33-40-3)30-27-25-23-21-19-17-15-13-11-9-7-5-2/h36H,4-35H2,1-3H3,(H,38,39). The third-order valence-electron chi connectivity index (χ3n) is 8.56. The lowest BCUT2D eigenvalue weighted by Crippen LogP contribution is -2.30. The first-order chi connectivity index (χ1) is 20.7. The minimum atomic E-state index is -0.277. The van der Waals surface area contributed by atoms with Crippen LogP contribution in [0.1, 0.15) is 187 Å². The molecule has 5 nitrogen and oxygen atoms in total. The van der Waals surface area contributed by atoms with Gasteiger partial charge in [-0.25, -0.2) is 4.79 Å². The Labute approximate surface area is 263 Å². The minimum absolute atomic E-state index is 0.277. The van der Waals surface area contributed by atoms with E-state index in [-0.39, 0.29) is 6.09 Å². The van der Waals surface area contributed by atoms with Crippen molar-refractivity contribution in [2.24, 2.45) is 5.92 Å². The second kappa shape index (κ2) is 36.4. The molecule has 0 rings (SSSR count). The molecule has 0 atom stereocenters. The molecule has 0 heterocycles. The third-order valence-corrected chi connectivity index (χ3v) is 8.56. The summed E-state index contributed by atoms with van der Waals surface area (Å²) in [6.45, 7) is 7.51. The van der Waals surface area contributed by atoms with Gasteiger partial charge in [0.15, 0.2) is 0 Å². The van der Waals surface area contributed by atoms with Crippen molar-refractivity contribution in [1.29, 1.82) is 0 Å². The van der Waals surface area contributed by atoms with Crippen LogP contribution in [0.4, 0.5) is 4.79 Å². The van der Waals surface area contributed by atoms with Gasteiger partial charge >= 0.3 is 6.09 Å². The van der Waals surface area contributed by atoms with E-state index in [1.807, 2.05) is 0 Å². The number of methoxy groups -OCH3 is 1. The van der Waals surface area contributed by atoms with E-state index in [2.05, 4.69) is 19.2 Å². The van der Waals surface area contributed by atoms with Crippen LogP contribution in [-0.4, -0.2) is 46.2 Å². The van der Waals surface area contributed by atoms with Gasteiger partial charge in [-0.1, -0.05) is 168 Å². The summed E-state index contributed by atoms with van der Waals surface area (Å²) in [5.41, 5.74) is 0. The molecule has 5 heteroatoms. The molecule has 42 heavy (non-hydrogen) atoms. The van der Waals surface area contributed by atoms with E-state index in [0.29, 0.717) is 32.3 Å². The van der Waals surface area contributed by atoms with E-state index < -0.39 is 0 Å². The predicted octanol–water partition coefficient (Wildman–Crippen LogP) is 11.6. The molecule has 0 saturated heterocycles. The van der Waals surface area contributed by atoms with Crippen LogP contribution in [0, 0.1) is 5.92 Å². The Kier molecular flexibility index (Phi) is 35.7. The van der Waals surface area contributed by atoms with Crippen LogP contribution in [0.15, 0.2) is 0 Å². The van der Waals surface area contributed by atoms with Crippen molar-refractivity contribution in [3.05, 3.63) is 0 Å². The lowest BCUT2D eigenvalue weighted by Gasteiger charge is -2.18. The van der Waals surface area contributed by atoms with Crippen molar-refractivity contribution in [3.63, 3.8) is 0 Å². The molecule has 0 radical (unpaired) electrons. The lowest BCUT2D eigenvalue weighted by molar-refractivity contribution is 0.0595. The summed E-state index contributed by atoms with van der Waals surface area (Å²) in [5.74, 6) is 0.571. The lowest BCUT2D eigenvalue weighted by atomic mass is 9.94. The second-order valence-corrected chi connectivity index (χ2v) is 12.7. The summed E-state index contributed by atoms with van der Waals surface area (Å²) in [6.07, 6.45) is 36.2. The molecule has 0 fully saturated rings. The first-order valence-electron chi connectivity index (χ1n) is 18.7. The molecule has 252 valence electrons. The fourth-order valence-corrected chi connectivity index (χ4v) is 5.75. The molecule has 0 spiro atoms. The van der Waals surface area contributed by atoms with Gasteiger partial charge in [0.1, 0.15) is 0 Å². The highest BCUT2D eigenvalue weighted by Gasteiger charge is 2.11. The van der Waals surface area contributed by atoms with Crippen molar-refractivity contribution in [2.75, 3.05) is 40.1 Å². The third kappa shape index (κ3) is 33.7. The summed E-state index contributed by atoms with van der Waals surface area (Å²) in [4.78, 5) is 12.2. The molecule has 0 aliphatic heterocycles. The average molecular weight is 598 g/mol. The summed E-state index contributed by atoms with van der Waals surface area (Å²) in [5, 5.41) is 3.06. The fraction of sp³-hybridized carbons (Fsp3) is 0.973. The number of carbonyl (C=O) groups excluding carboxylic acids is 1. The zero-order valence-electron chi connectivity index (χ0n) is 28.8. The van der Waals surface area contributed by atoms with Gasteiger partial charge in [-0.05, 0) is 18.8 Å². The molecule has 0 saturated carbocycles. The van der Waals surface area contributed by atoms with Crippen LogP contribution in [0.2, 0.25) is 0 Å². The number of rotatable bonds is 35. The maximum Gasteiger partial charge on any atom is 0.407 e. The Morgan fingerprint density at radius 2 is 0.905 bits per heavy atom. The van der Waals surface area contributed by atoms with Gasteiger partial charge < -0.3 is 19.5 Å². The Bertz CT molecular complexity index is 488. The Morgan fingerprint density at radius 1 is 0.500 bits per heavy atom. The molecular formula is C37H75NO4. The zero-order valence-corrected chi connectivity index (χ0v) is 28.8.